The Hall–Kier alpha value is -2.75. The van der Waals surface area contributed by atoms with Gasteiger partial charge in [-0.1, -0.05) is 18.2 Å². The highest BCUT2D eigenvalue weighted by atomic mass is 32.2. The third-order valence-electron chi connectivity index (χ3n) is 5.98. The number of benzene rings is 3. The van der Waals surface area contributed by atoms with Gasteiger partial charge in [-0.15, -0.1) is 11.3 Å². The number of hydrogen-bond acceptors (Lipinski definition) is 8. The zero-order chi connectivity index (χ0) is 24.7. The van der Waals surface area contributed by atoms with E-state index in [1.165, 1.54) is 22.1 Å². The van der Waals surface area contributed by atoms with Crippen molar-refractivity contribution in [3.63, 3.8) is 0 Å². The molecule has 1 aromatic heterocycles. The molecule has 1 aliphatic rings. The Balaban J connectivity index is 1.27. The van der Waals surface area contributed by atoms with Crippen molar-refractivity contribution in [3.05, 3.63) is 66.7 Å². The van der Waals surface area contributed by atoms with Crippen molar-refractivity contribution in [2.45, 2.75) is 4.90 Å². The summed E-state index contributed by atoms with van der Waals surface area (Å²) in [5, 5.41) is 1.21. The van der Waals surface area contributed by atoms with E-state index in [1.54, 1.807) is 25.6 Å². The largest absolute Gasteiger partial charge is 0.496 e. The summed E-state index contributed by atoms with van der Waals surface area (Å²) in [4.78, 5) is 4.49. The van der Waals surface area contributed by atoms with Gasteiger partial charge in [0.1, 0.15) is 11.5 Å². The van der Waals surface area contributed by atoms with E-state index in [0.29, 0.717) is 18.1 Å². The molecule has 3 aromatic carbocycles. The number of morpholine rings is 1. The van der Waals surface area contributed by atoms with Crippen molar-refractivity contribution < 1.29 is 23.1 Å². The lowest BCUT2D eigenvalue weighted by Crippen LogP contribution is -2.38. The van der Waals surface area contributed by atoms with Crippen LogP contribution in [0.1, 0.15) is 0 Å². The molecule has 6 nitrogen and oxygen atoms in total. The predicted octanol–water partition coefficient (Wildman–Crippen LogP) is 6.73. The quantitative estimate of drug-likeness (QED) is 0.169. The van der Waals surface area contributed by atoms with E-state index < -0.39 is 0 Å². The number of thiophene rings is 1. The number of fused-ring (bicyclic) bond motifs is 1. The van der Waals surface area contributed by atoms with Crippen LogP contribution in [0.4, 0.5) is 0 Å². The number of ether oxygens (including phenoxy) is 4. The maximum atomic E-state index is 6.25. The lowest BCUT2D eigenvalue weighted by atomic mass is 10.1. The van der Waals surface area contributed by atoms with Crippen LogP contribution in [0.15, 0.2) is 71.6 Å². The SMILES string of the molecule is COc1cc(OC)c(-c2cc3ccccc3s2)cc1Oc1ccc(SOCCN2CCOCC2)cc1. The van der Waals surface area contributed by atoms with Crippen LogP contribution in [0.25, 0.3) is 20.5 Å². The summed E-state index contributed by atoms with van der Waals surface area (Å²) in [6.45, 7) is 5.14. The molecule has 4 aromatic rings. The van der Waals surface area contributed by atoms with E-state index in [4.69, 9.17) is 23.1 Å². The average molecular weight is 524 g/mol. The Kier molecular flexibility index (Phi) is 8.30. The second-order valence-corrected chi connectivity index (χ2v) is 10.2. The first-order valence-corrected chi connectivity index (χ1v) is 13.4. The molecule has 0 spiro atoms. The normalized spacial score (nSPS) is 14.2. The van der Waals surface area contributed by atoms with Crippen molar-refractivity contribution in [1.29, 1.82) is 0 Å². The van der Waals surface area contributed by atoms with Crippen LogP contribution in [0.3, 0.4) is 0 Å². The summed E-state index contributed by atoms with van der Waals surface area (Å²) in [6.07, 6.45) is 0. The lowest BCUT2D eigenvalue weighted by molar-refractivity contribution is 0.0333. The van der Waals surface area contributed by atoms with Crippen molar-refractivity contribution in [2.24, 2.45) is 0 Å². The number of rotatable bonds is 10. The fraction of sp³-hybridized carbons (Fsp3) is 0.286. The molecule has 0 N–H and O–H groups in total. The molecule has 1 aliphatic heterocycles. The van der Waals surface area contributed by atoms with Crippen molar-refractivity contribution in [2.75, 3.05) is 53.7 Å². The molecule has 0 radical (unpaired) electrons. The summed E-state index contributed by atoms with van der Waals surface area (Å²) in [7, 11) is 3.31. The molecule has 0 amide bonds. The third kappa shape index (κ3) is 5.96. The summed E-state index contributed by atoms with van der Waals surface area (Å²) in [5.41, 5.74) is 0.968. The summed E-state index contributed by atoms with van der Waals surface area (Å²) in [5.74, 6) is 2.71. The van der Waals surface area contributed by atoms with Crippen LogP contribution in [-0.4, -0.2) is 58.6 Å². The van der Waals surface area contributed by atoms with Gasteiger partial charge in [0.25, 0.3) is 0 Å². The van der Waals surface area contributed by atoms with Gasteiger partial charge < -0.3 is 23.1 Å². The molecule has 36 heavy (non-hydrogen) atoms. The van der Waals surface area contributed by atoms with E-state index in [9.17, 15) is 0 Å². The first kappa shape index (κ1) is 24.9. The van der Waals surface area contributed by atoms with E-state index in [2.05, 4.69) is 35.2 Å². The molecule has 0 bridgehead atoms. The molecule has 1 fully saturated rings. The molecule has 0 saturated carbocycles. The Bertz CT molecular complexity index is 1250. The first-order valence-electron chi connectivity index (χ1n) is 11.9. The van der Waals surface area contributed by atoms with Gasteiger partial charge in [-0.25, -0.2) is 0 Å². The van der Waals surface area contributed by atoms with Crippen molar-refractivity contribution >= 4 is 33.5 Å². The zero-order valence-corrected chi connectivity index (χ0v) is 22.0. The van der Waals surface area contributed by atoms with Crippen LogP contribution in [0.2, 0.25) is 0 Å². The minimum atomic E-state index is 0.613. The fourth-order valence-electron chi connectivity index (χ4n) is 4.05. The topological polar surface area (TPSA) is 49.4 Å². The molecular formula is C28H29NO5S2. The molecule has 2 heterocycles. The molecule has 188 valence electrons. The molecule has 5 rings (SSSR count). The highest BCUT2D eigenvalue weighted by molar-refractivity contribution is 7.94. The van der Waals surface area contributed by atoms with E-state index in [1.807, 2.05) is 36.4 Å². The monoisotopic (exact) mass is 523 g/mol. The predicted molar refractivity (Wildman–Crippen MR) is 146 cm³/mol. The van der Waals surface area contributed by atoms with E-state index in [-0.39, 0.29) is 0 Å². The molecule has 1 saturated heterocycles. The van der Waals surface area contributed by atoms with Gasteiger partial charge in [0.15, 0.2) is 11.5 Å². The molecule has 8 heteroatoms. The average Bonchev–Trinajstić information content (AvgIpc) is 3.36. The number of nitrogens with zero attached hydrogens (tertiary/aromatic N) is 1. The fourth-order valence-corrected chi connectivity index (χ4v) is 5.67. The van der Waals surface area contributed by atoms with Gasteiger partial charge in [0, 0.05) is 57.8 Å². The van der Waals surface area contributed by atoms with Gasteiger partial charge in [-0.2, -0.15) is 0 Å². The van der Waals surface area contributed by atoms with Gasteiger partial charge >= 0.3 is 0 Å². The van der Waals surface area contributed by atoms with Gasteiger partial charge in [-0.3, -0.25) is 4.90 Å². The smallest absolute Gasteiger partial charge is 0.170 e. The minimum absolute atomic E-state index is 0.613. The molecule has 0 aliphatic carbocycles. The van der Waals surface area contributed by atoms with E-state index in [0.717, 1.165) is 59.7 Å². The van der Waals surface area contributed by atoms with Crippen LogP contribution < -0.4 is 14.2 Å². The van der Waals surface area contributed by atoms with Crippen LogP contribution >= 0.6 is 23.4 Å². The maximum Gasteiger partial charge on any atom is 0.170 e. The Morgan fingerprint density at radius 2 is 1.67 bits per heavy atom. The third-order valence-corrected chi connectivity index (χ3v) is 7.88. The summed E-state index contributed by atoms with van der Waals surface area (Å²) < 4.78 is 30.0. The Morgan fingerprint density at radius 3 is 2.42 bits per heavy atom. The standard InChI is InChI=1S/C28H29NO5S2/c1-30-24-19-25(31-2)26(18-23(24)28-17-20-5-3-4-6-27(20)35-28)34-21-7-9-22(10-8-21)36-33-16-13-29-11-14-32-15-12-29/h3-10,17-19H,11-16H2,1-2H3. The summed E-state index contributed by atoms with van der Waals surface area (Å²) >= 11 is 3.11. The lowest BCUT2D eigenvalue weighted by Gasteiger charge is -2.26. The molecule has 0 atom stereocenters. The number of methoxy groups -OCH3 is 2. The molecule has 0 unspecified atom stereocenters. The van der Waals surface area contributed by atoms with Crippen molar-refractivity contribution in [1.82, 2.24) is 4.90 Å². The van der Waals surface area contributed by atoms with Crippen LogP contribution in [0, 0.1) is 0 Å². The number of hydrogen-bond donors (Lipinski definition) is 0. The molecular weight excluding hydrogens is 494 g/mol. The van der Waals surface area contributed by atoms with E-state index >= 15 is 0 Å². The van der Waals surface area contributed by atoms with Crippen molar-refractivity contribution in [3.8, 4) is 33.4 Å². The highest BCUT2D eigenvalue weighted by Gasteiger charge is 2.17. The second kappa shape index (κ2) is 12.0. The maximum absolute atomic E-state index is 6.25. The summed E-state index contributed by atoms with van der Waals surface area (Å²) in [6, 6.07) is 22.3. The van der Waals surface area contributed by atoms with Crippen LogP contribution in [0.5, 0.6) is 23.0 Å². The Labute approximate surface area is 219 Å². The minimum Gasteiger partial charge on any atom is -0.496 e. The first-order chi connectivity index (χ1) is 17.7. The van der Waals surface area contributed by atoms with Gasteiger partial charge in [0.05, 0.1) is 34.0 Å². The zero-order valence-electron chi connectivity index (χ0n) is 20.4. The second-order valence-electron chi connectivity index (χ2n) is 8.28. The van der Waals surface area contributed by atoms with Gasteiger partial charge in [0.2, 0.25) is 0 Å². The highest BCUT2D eigenvalue weighted by Crippen LogP contribution is 2.45. The van der Waals surface area contributed by atoms with Gasteiger partial charge in [-0.05, 0) is 47.9 Å². The van der Waals surface area contributed by atoms with Crippen LogP contribution in [-0.2, 0) is 8.92 Å². The Morgan fingerprint density at radius 1 is 0.889 bits per heavy atom.